The molecule has 2 amide bonds. The van der Waals surface area contributed by atoms with Gasteiger partial charge in [-0.15, -0.1) is 0 Å². The molecule has 2 rings (SSSR count). The van der Waals surface area contributed by atoms with Crippen LogP contribution in [0.15, 0.2) is 41.0 Å². The first-order valence-corrected chi connectivity index (χ1v) is 8.16. The summed E-state index contributed by atoms with van der Waals surface area (Å²) in [5, 5.41) is 1.95. The van der Waals surface area contributed by atoms with Gasteiger partial charge in [0.05, 0.1) is 5.69 Å². The maximum Gasteiger partial charge on any atom is 0.352 e. The van der Waals surface area contributed by atoms with E-state index in [9.17, 15) is 4.79 Å². The smallest absolute Gasteiger partial charge is 0.352 e. The van der Waals surface area contributed by atoms with Gasteiger partial charge < -0.3 is 4.74 Å². The number of anilines is 1. The van der Waals surface area contributed by atoms with E-state index in [4.69, 9.17) is 16.4 Å². The summed E-state index contributed by atoms with van der Waals surface area (Å²) in [7, 11) is 1.44. The third-order valence-electron chi connectivity index (χ3n) is 3.45. The number of rotatable bonds is 5. The van der Waals surface area contributed by atoms with Crippen molar-refractivity contribution in [2.45, 2.75) is 20.0 Å². The largest absolute Gasteiger partial charge is 0.473 e. The van der Waals surface area contributed by atoms with Crippen LogP contribution in [0.5, 0.6) is 5.88 Å². The second-order valence-electron chi connectivity index (χ2n) is 5.12. The maximum absolute atomic E-state index is 12.1. The number of urea groups is 1. The Morgan fingerprint density at radius 1 is 1.25 bits per heavy atom. The highest BCUT2D eigenvalue weighted by Gasteiger charge is 2.19. The van der Waals surface area contributed by atoms with Crippen LogP contribution < -0.4 is 21.4 Å². The van der Waals surface area contributed by atoms with E-state index < -0.39 is 6.03 Å². The van der Waals surface area contributed by atoms with Crippen molar-refractivity contribution in [2.24, 2.45) is 11.7 Å². The van der Waals surface area contributed by atoms with Crippen molar-refractivity contribution in [3.63, 3.8) is 0 Å². The quantitative estimate of drug-likeness (QED) is 0.352. The fraction of sp³-hybridized carbons (Fsp3) is 0.250. The molecule has 8 heteroatoms. The van der Waals surface area contributed by atoms with Crippen LogP contribution in [-0.2, 0) is 13.0 Å². The Balaban J connectivity index is 2.31. The monoisotopic (exact) mass is 393 g/mol. The molecule has 0 fully saturated rings. The van der Waals surface area contributed by atoms with E-state index in [2.05, 4.69) is 20.9 Å². The summed E-state index contributed by atoms with van der Waals surface area (Å²) >= 11 is 3.31. The first-order valence-electron chi connectivity index (χ1n) is 7.37. The first-order chi connectivity index (χ1) is 11.4. The molecule has 0 radical (unpaired) electrons. The van der Waals surface area contributed by atoms with Crippen molar-refractivity contribution in [3.05, 3.63) is 52.1 Å². The third-order valence-corrected chi connectivity index (χ3v) is 3.89. The van der Waals surface area contributed by atoms with E-state index >= 15 is 0 Å². The molecule has 0 unspecified atom stereocenters. The zero-order valence-electron chi connectivity index (χ0n) is 13.6. The molecule has 7 nitrogen and oxygen atoms in total. The summed E-state index contributed by atoms with van der Waals surface area (Å²) < 4.78 is 6.45. The highest BCUT2D eigenvalue weighted by Crippen LogP contribution is 2.25. The molecule has 0 spiro atoms. The van der Waals surface area contributed by atoms with Gasteiger partial charge in [0, 0.05) is 18.7 Å². The molecule has 24 heavy (non-hydrogen) atoms. The molecule has 0 aliphatic heterocycles. The van der Waals surface area contributed by atoms with Gasteiger partial charge >= 0.3 is 6.03 Å². The van der Waals surface area contributed by atoms with Crippen molar-refractivity contribution in [1.82, 2.24) is 9.99 Å². The Morgan fingerprint density at radius 2 is 1.96 bits per heavy atom. The van der Waals surface area contributed by atoms with Crippen LogP contribution in [-0.4, -0.2) is 23.1 Å². The lowest BCUT2D eigenvalue weighted by atomic mass is 10.0. The lowest BCUT2D eigenvalue weighted by molar-refractivity contribution is 0.216. The van der Waals surface area contributed by atoms with E-state index in [-0.39, 0.29) is 6.61 Å². The number of carbonyl (C=O) groups is 1. The number of aryl methyl sites for hydroxylation is 1. The van der Waals surface area contributed by atoms with Crippen LogP contribution >= 0.6 is 15.9 Å². The molecule has 1 aromatic carbocycles. The number of halogens is 1. The van der Waals surface area contributed by atoms with E-state index in [1.165, 1.54) is 7.05 Å². The average Bonchev–Trinajstić information content (AvgIpc) is 2.58. The molecule has 0 aliphatic carbocycles. The molecular formula is C16H20BrN5O2. The summed E-state index contributed by atoms with van der Waals surface area (Å²) in [5.74, 6) is 11.9. The van der Waals surface area contributed by atoms with Gasteiger partial charge in [0.15, 0.2) is 0 Å². The zero-order valence-corrected chi connectivity index (χ0v) is 15.2. The Bertz CT molecular complexity index is 723. The number of carbonyl (C=O) groups excluding carboxylic acids is 1. The maximum atomic E-state index is 12.1. The van der Waals surface area contributed by atoms with Gasteiger partial charge in [-0.25, -0.2) is 26.5 Å². The number of amides is 2. The lowest BCUT2D eigenvalue weighted by Crippen LogP contribution is -2.49. The minimum absolute atomic E-state index is 0.234. The van der Waals surface area contributed by atoms with E-state index in [1.807, 2.05) is 31.2 Å². The SMILES string of the molecule is CCc1cccc(N(N)C(=O)N(C)N)c1COc1cccc(Br)n1. The summed E-state index contributed by atoms with van der Waals surface area (Å²) in [6, 6.07) is 10.5. The molecule has 2 aromatic rings. The minimum atomic E-state index is -0.523. The van der Waals surface area contributed by atoms with Crippen LogP contribution in [0.25, 0.3) is 0 Å². The lowest BCUT2D eigenvalue weighted by Gasteiger charge is -2.24. The predicted octanol–water partition coefficient (Wildman–Crippen LogP) is 2.59. The summed E-state index contributed by atoms with van der Waals surface area (Å²) in [6.45, 7) is 2.26. The topological polar surface area (TPSA) is 97.7 Å². The van der Waals surface area contributed by atoms with Gasteiger partial charge in [-0.1, -0.05) is 25.1 Å². The van der Waals surface area contributed by atoms with E-state index in [1.54, 1.807) is 12.1 Å². The Kier molecular flexibility index (Phi) is 6.13. The molecule has 1 heterocycles. The van der Waals surface area contributed by atoms with Gasteiger partial charge in [0.2, 0.25) is 5.88 Å². The number of nitrogens with zero attached hydrogens (tertiary/aromatic N) is 3. The van der Waals surface area contributed by atoms with Crippen LogP contribution in [0.2, 0.25) is 0 Å². The average molecular weight is 394 g/mol. The van der Waals surface area contributed by atoms with E-state index in [0.29, 0.717) is 16.2 Å². The molecule has 0 aliphatic rings. The normalized spacial score (nSPS) is 10.4. The Hall–Kier alpha value is -2.16. The van der Waals surface area contributed by atoms with Gasteiger partial charge in [-0.05, 0) is 40.0 Å². The van der Waals surface area contributed by atoms with Crippen LogP contribution in [0.1, 0.15) is 18.1 Å². The number of benzene rings is 1. The molecule has 4 N–H and O–H groups in total. The number of nitrogens with two attached hydrogens (primary N) is 2. The van der Waals surface area contributed by atoms with Crippen molar-refractivity contribution in [3.8, 4) is 5.88 Å². The summed E-state index contributed by atoms with van der Waals surface area (Å²) in [6.07, 6.45) is 0.777. The van der Waals surface area contributed by atoms with Crippen molar-refractivity contribution in [1.29, 1.82) is 0 Å². The number of hydrazine groups is 2. The minimum Gasteiger partial charge on any atom is -0.473 e. The molecule has 128 valence electrons. The molecule has 1 aromatic heterocycles. The highest BCUT2D eigenvalue weighted by atomic mass is 79.9. The highest BCUT2D eigenvalue weighted by molar-refractivity contribution is 9.10. The number of hydrogen-bond acceptors (Lipinski definition) is 5. The van der Waals surface area contributed by atoms with Gasteiger partial charge in [-0.2, -0.15) is 0 Å². The first kappa shape index (κ1) is 18.2. The van der Waals surface area contributed by atoms with Crippen molar-refractivity contribution < 1.29 is 9.53 Å². The molecule has 0 saturated carbocycles. The molecular weight excluding hydrogens is 374 g/mol. The fourth-order valence-corrected chi connectivity index (χ4v) is 2.56. The zero-order chi connectivity index (χ0) is 17.7. The second kappa shape index (κ2) is 8.09. The predicted molar refractivity (Wildman–Crippen MR) is 96.1 cm³/mol. The Morgan fingerprint density at radius 3 is 2.58 bits per heavy atom. The standard InChI is InChI=1S/C16H20BrN5O2/c1-3-11-6-4-7-13(22(19)16(23)21(2)18)12(11)10-24-15-9-5-8-14(17)20-15/h4-9H,3,10,18-19H2,1-2H3. The summed E-state index contributed by atoms with van der Waals surface area (Å²) in [5.41, 5.74) is 2.40. The molecule has 0 saturated heterocycles. The van der Waals surface area contributed by atoms with Crippen LogP contribution in [0.3, 0.4) is 0 Å². The number of ether oxygens (including phenoxy) is 1. The molecule has 0 bridgehead atoms. The van der Waals surface area contributed by atoms with Gasteiger partial charge in [0.25, 0.3) is 0 Å². The number of hydrogen-bond donors (Lipinski definition) is 2. The third kappa shape index (κ3) is 4.22. The van der Waals surface area contributed by atoms with Gasteiger partial charge in [0.1, 0.15) is 11.2 Å². The van der Waals surface area contributed by atoms with Crippen LogP contribution in [0, 0.1) is 0 Å². The van der Waals surface area contributed by atoms with Crippen molar-refractivity contribution in [2.75, 3.05) is 12.1 Å². The summed E-state index contributed by atoms with van der Waals surface area (Å²) in [4.78, 5) is 16.3. The Labute approximate surface area is 149 Å². The second-order valence-corrected chi connectivity index (χ2v) is 5.93. The fourth-order valence-electron chi connectivity index (χ4n) is 2.23. The number of aromatic nitrogens is 1. The van der Waals surface area contributed by atoms with Crippen LogP contribution in [0.4, 0.5) is 10.5 Å². The van der Waals surface area contributed by atoms with Crippen molar-refractivity contribution >= 4 is 27.6 Å². The van der Waals surface area contributed by atoms with E-state index in [0.717, 1.165) is 27.6 Å². The van der Waals surface area contributed by atoms with Gasteiger partial charge in [-0.3, -0.25) is 5.01 Å². The molecule has 0 atom stereocenters. The number of pyridine rings is 1.